The second-order valence-electron chi connectivity index (χ2n) is 5.11. The molecule has 6 nitrogen and oxygen atoms in total. The summed E-state index contributed by atoms with van der Waals surface area (Å²) >= 11 is 0. The van der Waals surface area contributed by atoms with Crippen LogP contribution in [0.15, 0.2) is 63.8 Å². The first kappa shape index (κ1) is 14.9. The molecule has 3 rings (SSSR count). The molecule has 1 aromatic heterocycles. The van der Waals surface area contributed by atoms with Crippen LogP contribution in [0, 0.1) is 0 Å². The quantitative estimate of drug-likeness (QED) is 0.764. The minimum absolute atomic E-state index is 0.151. The number of nitrogens with one attached hydrogen (secondary N) is 1. The van der Waals surface area contributed by atoms with Crippen molar-refractivity contribution in [1.29, 1.82) is 0 Å². The molecule has 0 saturated carbocycles. The summed E-state index contributed by atoms with van der Waals surface area (Å²) in [6.07, 6.45) is 0.379. The van der Waals surface area contributed by atoms with Gasteiger partial charge in [0.15, 0.2) is 0 Å². The van der Waals surface area contributed by atoms with E-state index in [1.807, 2.05) is 30.3 Å². The minimum atomic E-state index is -0.768. The molecule has 0 unspecified atom stereocenters. The highest BCUT2D eigenvalue weighted by atomic mass is 16.4. The molecule has 3 N–H and O–H groups in total. The number of anilines is 1. The third-order valence-electron chi connectivity index (χ3n) is 3.40. The van der Waals surface area contributed by atoms with Gasteiger partial charge in [0.05, 0.1) is 16.9 Å². The Bertz CT molecular complexity index is 890. The highest BCUT2D eigenvalue weighted by Crippen LogP contribution is 2.11. The van der Waals surface area contributed by atoms with Gasteiger partial charge in [-0.2, -0.15) is 4.98 Å². The molecule has 0 radical (unpaired) electrons. The molecular weight excluding hydrogens is 294 g/mol. The maximum Gasteiger partial charge on any atom is 0.348 e. The van der Waals surface area contributed by atoms with Crippen LogP contribution in [-0.2, 0) is 11.2 Å². The van der Waals surface area contributed by atoms with E-state index < -0.39 is 17.6 Å². The Morgan fingerprint density at radius 3 is 2.61 bits per heavy atom. The van der Waals surface area contributed by atoms with E-state index in [1.54, 1.807) is 24.3 Å². The van der Waals surface area contributed by atoms with Gasteiger partial charge in [0.1, 0.15) is 0 Å². The Kier molecular flexibility index (Phi) is 4.16. The predicted molar refractivity (Wildman–Crippen MR) is 87.0 cm³/mol. The Balaban J connectivity index is 1.76. The number of carbonyl (C=O) groups is 1. The van der Waals surface area contributed by atoms with Crippen LogP contribution in [0.1, 0.15) is 5.56 Å². The van der Waals surface area contributed by atoms with Crippen molar-refractivity contribution in [3.8, 4) is 0 Å². The molecule has 1 atom stereocenters. The maximum atomic E-state index is 12.1. The Morgan fingerprint density at radius 1 is 1.13 bits per heavy atom. The van der Waals surface area contributed by atoms with Crippen LogP contribution in [-0.4, -0.2) is 16.9 Å². The van der Waals surface area contributed by atoms with E-state index >= 15 is 0 Å². The summed E-state index contributed by atoms with van der Waals surface area (Å²) in [7, 11) is 0. The van der Waals surface area contributed by atoms with E-state index in [9.17, 15) is 9.59 Å². The first-order valence-corrected chi connectivity index (χ1v) is 7.14. The number of hydrogen-bond donors (Lipinski definition) is 2. The average molecular weight is 309 g/mol. The normalized spacial score (nSPS) is 12.0. The summed E-state index contributed by atoms with van der Waals surface area (Å²) in [6, 6.07) is 15.3. The fourth-order valence-corrected chi connectivity index (χ4v) is 2.23. The molecule has 0 aliphatic heterocycles. The van der Waals surface area contributed by atoms with E-state index in [0.29, 0.717) is 17.3 Å². The predicted octanol–water partition coefficient (Wildman–Crippen LogP) is 1.70. The first-order valence-electron chi connectivity index (χ1n) is 7.14. The van der Waals surface area contributed by atoms with Crippen LogP contribution in [0.4, 0.5) is 6.01 Å². The summed E-state index contributed by atoms with van der Waals surface area (Å²) in [4.78, 5) is 28.1. The lowest BCUT2D eigenvalue weighted by Gasteiger charge is -2.11. The number of benzene rings is 2. The lowest BCUT2D eigenvalue weighted by atomic mass is 10.1. The van der Waals surface area contributed by atoms with Gasteiger partial charge >= 0.3 is 11.6 Å². The minimum Gasteiger partial charge on any atom is -0.388 e. The number of para-hydroxylation sites is 1. The van der Waals surface area contributed by atoms with Crippen LogP contribution in [0.2, 0.25) is 0 Å². The highest BCUT2D eigenvalue weighted by molar-refractivity contribution is 5.93. The number of nitrogens with two attached hydrogens (primary N) is 1. The molecule has 0 saturated heterocycles. The van der Waals surface area contributed by atoms with Gasteiger partial charge in [-0.1, -0.05) is 42.5 Å². The third-order valence-corrected chi connectivity index (χ3v) is 3.40. The smallest absolute Gasteiger partial charge is 0.348 e. The van der Waals surface area contributed by atoms with E-state index in [2.05, 4.69) is 10.3 Å². The topological polar surface area (TPSA) is 98.2 Å². The SMILES string of the molecule is N[C@@H](Cc1ccccc1)C(=O)Nc1nc2ccccc2c(=O)o1. The molecule has 1 heterocycles. The van der Waals surface area contributed by atoms with Crippen molar-refractivity contribution in [2.75, 3.05) is 5.32 Å². The van der Waals surface area contributed by atoms with Crippen molar-refractivity contribution in [1.82, 2.24) is 4.98 Å². The van der Waals surface area contributed by atoms with Crippen molar-refractivity contribution in [2.24, 2.45) is 5.73 Å². The van der Waals surface area contributed by atoms with Crippen molar-refractivity contribution >= 4 is 22.8 Å². The number of amides is 1. The number of carbonyl (C=O) groups excluding carboxylic acids is 1. The van der Waals surface area contributed by atoms with Crippen molar-refractivity contribution < 1.29 is 9.21 Å². The molecule has 116 valence electrons. The van der Waals surface area contributed by atoms with E-state index in [0.717, 1.165) is 5.56 Å². The standard InChI is InChI=1S/C17H15N3O3/c18-13(10-11-6-2-1-3-7-11)15(21)20-17-19-14-9-5-4-8-12(14)16(22)23-17/h1-9,13H,10,18H2,(H,19,20,21)/t13-/m0/s1. The van der Waals surface area contributed by atoms with E-state index in [4.69, 9.17) is 10.2 Å². The fraction of sp³-hybridized carbons (Fsp3) is 0.118. The zero-order valence-electron chi connectivity index (χ0n) is 12.2. The summed E-state index contributed by atoms with van der Waals surface area (Å²) in [5, 5.41) is 2.81. The van der Waals surface area contributed by atoms with Crippen LogP contribution < -0.4 is 16.7 Å². The second-order valence-corrected chi connectivity index (χ2v) is 5.11. The Labute approximate surface area is 132 Å². The van der Waals surface area contributed by atoms with Gasteiger partial charge in [0.25, 0.3) is 0 Å². The molecule has 0 aliphatic rings. The summed E-state index contributed by atoms with van der Waals surface area (Å²) in [6.45, 7) is 0. The molecular formula is C17H15N3O3. The lowest BCUT2D eigenvalue weighted by Crippen LogP contribution is -2.37. The van der Waals surface area contributed by atoms with E-state index in [-0.39, 0.29) is 6.01 Å². The summed E-state index contributed by atoms with van der Waals surface area (Å²) < 4.78 is 5.01. The Hall–Kier alpha value is -2.99. The molecule has 0 fully saturated rings. The monoisotopic (exact) mass is 309 g/mol. The van der Waals surface area contributed by atoms with Gasteiger partial charge in [0.2, 0.25) is 5.91 Å². The highest BCUT2D eigenvalue weighted by Gasteiger charge is 2.16. The zero-order valence-corrected chi connectivity index (χ0v) is 12.2. The second kappa shape index (κ2) is 6.41. The molecule has 0 spiro atoms. The number of nitrogens with zero attached hydrogens (tertiary/aromatic N) is 1. The number of hydrogen-bond acceptors (Lipinski definition) is 5. The fourth-order valence-electron chi connectivity index (χ4n) is 2.23. The van der Waals surface area contributed by atoms with Gasteiger partial charge < -0.3 is 10.2 Å². The number of rotatable bonds is 4. The largest absolute Gasteiger partial charge is 0.388 e. The van der Waals surface area contributed by atoms with Gasteiger partial charge in [-0.25, -0.2) is 4.79 Å². The van der Waals surface area contributed by atoms with Crippen molar-refractivity contribution in [3.63, 3.8) is 0 Å². The number of fused-ring (bicyclic) bond motifs is 1. The van der Waals surface area contributed by atoms with Gasteiger partial charge in [-0.3, -0.25) is 10.1 Å². The van der Waals surface area contributed by atoms with E-state index in [1.165, 1.54) is 0 Å². The zero-order chi connectivity index (χ0) is 16.2. The number of aromatic nitrogens is 1. The maximum absolute atomic E-state index is 12.1. The van der Waals surface area contributed by atoms with Crippen LogP contribution in [0.25, 0.3) is 10.9 Å². The summed E-state index contributed by atoms with van der Waals surface area (Å²) in [5.41, 5.74) is 6.74. The van der Waals surface area contributed by atoms with Gasteiger partial charge in [-0.15, -0.1) is 0 Å². The molecule has 3 aromatic rings. The molecule has 0 bridgehead atoms. The molecule has 2 aromatic carbocycles. The van der Waals surface area contributed by atoms with Crippen molar-refractivity contribution in [3.05, 3.63) is 70.6 Å². The first-order chi connectivity index (χ1) is 11.1. The van der Waals surface area contributed by atoms with Gasteiger partial charge in [-0.05, 0) is 24.1 Å². The average Bonchev–Trinajstić information content (AvgIpc) is 2.56. The van der Waals surface area contributed by atoms with Gasteiger partial charge in [0, 0.05) is 0 Å². The van der Waals surface area contributed by atoms with Crippen LogP contribution in [0.3, 0.4) is 0 Å². The lowest BCUT2D eigenvalue weighted by molar-refractivity contribution is -0.117. The molecule has 0 aliphatic carbocycles. The molecule has 1 amide bonds. The van der Waals surface area contributed by atoms with Crippen LogP contribution >= 0.6 is 0 Å². The Morgan fingerprint density at radius 2 is 1.83 bits per heavy atom. The van der Waals surface area contributed by atoms with Crippen LogP contribution in [0.5, 0.6) is 0 Å². The molecule has 6 heteroatoms. The van der Waals surface area contributed by atoms with Crippen molar-refractivity contribution in [2.45, 2.75) is 12.5 Å². The summed E-state index contributed by atoms with van der Waals surface area (Å²) in [5.74, 6) is -0.459. The molecule has 23 heavy (non-hydrogen) atoms. The third kappa shape index (κ3) is 3.44.